The molecule has 0 aliphatic carbocycles. The van der Waals surface area contributed by atoms with Crippen LogP contribution in [0.3, 0.4) is 0 Å². The van der Waals surface area contributed by atoms with Gasteiger partial charge in [-0.1, -0.05) is 26.0 Å². The second kappa shape index (κ2) is 13.0. The van der Waals surface area contributed by atoms with Crippen molar-refractivity contribution >= 4 is 40.9 Å². The molecule has 2 amide bonds. The monoisotopic (exact) mass is 583 g/mol. The van der Waals surface area contributed by atoms with E-state index in [4.69, 9.17) is 4.74 Å². The highest BCUT2D eigenvalue weighted by molar-refractivity contribution is 8.02. The fourth-order valence-electron chi connectivity index (χ4n) is 7.18. The van der Waals surface area contributed by atoms with Gasteiger partial charge in [-0.15, -0.1) is 24.9 Å². The summed E-state index contributed by atoms with van der Waals surface area (Å²) in [6, 6.07) is 6.56. The van der Waals surface area contributed by atoms with Gasteiger partial charge in [0, 0.05) is 36.3 Å². The van der Waals surface area contributed by atoms with Crippen LogP contribution in [0.25, 0.3) is 0 Å². The van der Waals surface area contributed by atoms with Gasteiger partial charge >= 0.3 is 5.97 Å². The maximum Gasteiger partial charge on any atom is 0.310 e. The Bertz CT molecular complexity index is 1130. The lowest BCUT2D eigenvalue weighted by Crippen LogP contribution is -2.59. The zero-order valence-corrected chi connectivity index (χ0v) is 25.6. The van der Waals surface area contributed by atoms with Gasteiger partial charge in [-0.25, -0.2) is 0 Å². The Balaban J connectivity index is 1.77. The van der Waals surface area contributed by atoms with Crippen molar-refractivity contribution in [3.63, 3.8) is 0 Å². The van der Waals surface area contributed by atoms with E-state index < -0.39 is 28.7 Å². The number of likely N-dealkylation sites (tertiary alicyclic amines) is 1. The Morgan fingerprint density at radius 1 is 1.17 bits per heavy atom. The first-order valence-corrected chi connectivity index (χ1v) is 15.8. The lowest BCUT2D eigenvalue weighted by molar-refractivity contribution is -0.154. The van der Waals surface area contributed by atoms with Crippen LogP contribution in [0.5, 0.6) is 0 Å². The molecule has 41 heavy (non-hydrogen) atoms. The van der Waals surface area contributed by atoms with Crippen molar-refractivity contribution in [3.05, 3.63) is 49.6 Å². The molecule has 1 spiro atoms. The minimum Gasteiger partial charge on any atom is -0.465 e. The number of carbonyl (C=O) groups is 3. The Morgan fingerprint density at radius 3 is 2.39 bits per heavy atom. The number of anilines is 2. The molecule has 7 atom stereocenters. The van der Waals surface area contributed by atoms with Crippen LogP contribution in [-0.4, -0.2) is 82.7 Å². The van der Waals surface area contributed by atoms with Crippen molar-refractivity contribution in [2.24, 2.45) is 17.8 Å². The fraction of sp³-hybridized carbons (Fsp3) is 0.594. The molecule has 9 heteroatoms. The van der Waals surface area contributed by atoms with Crippen LogP contribution in [0.2, 0.25) is 0 Å². The summed E-state index contributed by atoms with van der Waals surface area (Å²) in [5.74, 6) is -2.09. The van der Waals surface area contributed by atoms with E-state index in [-0.39, 0.29) is 48.7 Å². The average Bonchev–Trinajstić information content (AvgIpc) is 3.57. The van der Waals surface area contributed by atoms with Gasteiger partial charge in [0.2, 0.25) is 5.91 Å². The van der Waals surface area contributed by atoms with Crippen molar-refractivity contribution in [1.82, 2.24) is 4.90 Å². The molecule has 1 aromatic carbocycles. The van der Waals surface area contributed by atoms with E-state index in [9.17, 15) is 19.5 Å². The molecule has 0 saturated carbocycles. The lowest BCUT2D eigenvalue weighted by Gasteiger charge is -2.42. The number of hydrogen-bond acceptors (Lipinski definition) is 7. The highest BCUT2D eigenvalue weighted by Gasteiger charge is 2.77. The predicted molar refractivity (Wildman–Crippen MR) is 165 cm³/mol. The Hall–Kier alpha value is -2.78. The number of fused-ring (bicyclic) bond motifs is 1. The summed E-state index contributed by atoms with van der Waals surface area (Å²) < 4.78 is 4.81. The van der Waals surface area contributed by atoms with E-state index in [1.807, 2.05) is 31.2 Å². The first-order chi connectivity index (χ1) is 19.7. The third-order valence-corrected chi connectivity index (χ3v) is 11.3. The van der Waals surface area contributed by atoms with Gasteiger partial charge < -0.3 is 24.5 Å². The molecule has 3 fully saturated rings. The molecule has 1 N–H and O–H groups in total. The number of aliphatic hydroxyl groups excluding tert-OH is 1. The van der Waals surface area contributed by atoms with Gasteiger partial charge in [0.1, 0.15) is 6.04 Å². The summed E-state index contributed by atoms with van der Waals surface area (Å²) in [7, 11) is 0. The van der Waals surface area contributed by atoms with E-state index in [1.54, 1.807) is 33.7 Å². The molecular weight excluding hydrogens is 538 g/mol. The van der Waals surface area contributed by atoms with Crippen LogP contribution in [-0.2, 0) is 19.1 Å². The minimum atomic E-state index is -0.824. The quantitative estimate of drug-likeness (QED) is 0.199. The number of nitrogens with zero attached hydrogens (tertiary/aromatic N) is 3. The van der Waals surface area contributed by atoms with Gasteiger partial charge in [0.25, 0.3) is 5.91 Å². The maximum absolute atomic E-state index is 14.8. The molecule has 1 aromatic rings. The Kier molecular flexibility index (Phi) is 9.90. The summed E-state index contributed by atoms with van der Waals surface area (Å²) in [6.45, 7) is 17.8. The number of carbonyl (C=O) groups excluding carboxylic acids is 3. The summed E-state index contributed by atoms with van der Waals surface area (Å²) in [5.41, 5.74) is 1.80. The molecule has 3 aliphatic rings. The second-order valence-electron chi connectivity index (χ2n) is 11.2. The third-order valence-electron chi connectivity index (χ3n) is 9.20. The number of amides is 2. The Labute approximate surface area is 248 Å². The van der Waals surface area contributed by atoms with E-state index in [1.165, 1.54) is 0 Å². The number of hydrogen-bond donors (Lipinski definition) is 1. The summed E-state index contributed by atoms with van der Waals surface area (Å²) in [4.78, 5) is 48.0. The predicted octanol–water partition coefficient (Wildman–Crippen LogP) is 4.28. The molecule has 0 radical (unpaired) electrons. The van der Waals surface area contributed by atoms with Crippen LogP contribution in [0.4, 0.5) is 11.4 Å². The van der Waals surface area contributed by atoms with Crippen LogP contribution >= 0.6 is 11.8 Å². The molecule has 224 valence electrons. The van der Waals surface area contributed by atoms with Crippen LogP contribution < -0.4 is 9.80 Å². The van der Waals surface area contributed by atoms with Crippen molar-refractivity contribution in [2.45, 2.75) is 69.0 Å². The normalized spacial score (nSPS) is 28.8. The molecule has 4 rings (SSSR count). The highest BCUT2D eigenvalue weighted by atomic mass is 32.2. The number of aliphatic hydroxyl groups is 1. The van der Waals surface area contributed by atoms with Crippen LogP contribution in [0.1, 0.15) is 47.0 Å². The molecule has 3 unspecified atom stereocenters. The number of benzene rings is 1. The summed E-state index contributed by atoms with van der Waals surface area (Å²) in [5, 5.41) is 10.3. The molecular formula is C32H45N3O5S. The van der Waals surface area contributed by atoms with E-state index in [2.05, 4.69) is 38.8 Å². The molecule has 3 heterocycles. The van der Waals surface area contributed by atoms with Gasteiger partial charge in [-0.2, -0.15) is 0 Å². The standard InChI is InChI=1S/C32H45N3O5S/c1-7-12-18-40-31(39)26-25-19-21(6)32(41-25)27(26)29(37)35(22(9-3)20-36)28(32)30(38)34(17-8-2)24-15-13-23(14-16-24)33(10-4)11-5/h7-8,13-16,21-22,25-28,36H,1-2,9-12,17-20H2,3-6H3/t21?,22-,25-,26+,27-,28?,32?/m0/s1. The average molecular weight is 584 g/mol. The second-order valence-corrected chi connectivity index (χ2v) is 12.8. The first kappa shape index (κ1) is 31.2. The van der Waals surface area contributed by atoms with Crippen molar-refractivity contribution < 1.29 is 24.2 Å². The number of thioether (sulfide) groups is 1. The number of ether oxygens (including phenoxy) is 1. The molecule has 3 saturated heterocycles. The molecule has 0 aromatic heterocycles. The number of rotatable bonds is 14. The zero-order chi connectivity index (χ0) is 29.9. The fourth-order valence-corrected chi connectivity index (χ4v) is 9.57. The lowest BCUT2D eigenvalue weighted by atomic mass is 9.66. The molecule has 2 bridgehead atoms. The van der Waals surface area contributed by atoms with Crippen LogP contribution in [0.15, 0.2) is 49.6 Å². The van der Waals surface area contributed by atoms with Crippen LogP contribution in [0, 0.1) is 17.8 Å². The highest BCUT2D eigenvalue weighted by Crippen LogP contribution is 2.69. The third kappa shape index (κ3) is 5.20. The van der Waals surface area contributed by atoms with Crippen molar-refractivity contribution in [2.75, 3.05) is 42.6 Å². The summed E-state index contributed by atoms with van der Waals surface area (Å²) >= 11 is 1.61. The van der Waals surface area contributed by atoms with E-state index >= 15 is 0 Å². The van der Waals surface area contributed by atoms with Crippen molar-refractivity contribution in [1.29, 1.82) is 0 Å². The zero-order valence-electron chi connectivity index (χ0n) is 24.8. The maximum atomic E-state index is 14.8. The van der Waals surface area contributed by atoms with Gasteiger partial charge in [0.15, 0.2) is 0 Å². The van der Waals surface area contributed by atoms with E-state index in [0.29, 0.717) is 12.8 Å². The van der Waals surface area contributed by atoms with Gasteiger partial charge in [-0.3, -0.25) is 14.4 Å². The van der Waals surface area contributed by atoms with E-state index in [0.717, 1.165) is 30.9 Å². The topological polar surface area (TPSA) is 90.4 Å². The number of esters is 1. The molecule has 3 aliphatic heterocycles. The van der Waals surface area contributed by atoms with Gasteiger partial charge in [-0.05, 0) is 63.3 Å². The first-order valence-electron chi connectivity index (χ1n) is 14.9. The minimum absolute atomic E-state index is 0.0226. The Morgan fingerprint density at radius 2 is 1.83 bits per heavy atom. The SMILES string of the molecule is C=CCCOC(=O)[C@@H]1[C@@H]2CC(C)C3(S2)C(C(=O)N(CC=C)c2ccc(N(CC)CC)cc2)N([C@@H](CC)CO)C(=O)[C@H]13. The summed E-state index contributed by atoms with van der Waals surface area (Å²) in [6.07, 6.45) is 5.14. The largest absolute Gasteiger partial charge is 0.465 e. The van der Waals surface area contributed by atoms with Gasteiger partial charge in [0.05, 0.1) is 35.8 Å². The molecule has 8 nitrogen and oxygen atoms in total. The van der Waals surface area contributed by atoms with Crippen molar-refractivity contribution in [3.8, 4) is 0 Å². The smallest absolute Gasteiger partial charge is 0.310 e.